The molecule has 10 heteroatoms. The number of piperidine rings is 1. The van der Waals surface area contributed by atoms with Crippen LogP contribution in [0.5, 0.6) is 0 Å². The second-order valence-electron chi connectivity index (χ2n) is 9.18. The molecule has 1 aliphatic heterocycles. The fraction of sp³-hybridized carbons (Fsp3) is 0.500. The van der Waals surface area contributed by atoms with E-state index in [1.807, 2.05) is 37.2 Å². The largest absolute Gasteiger partial charge is 0.377 e. The third-order valence-corrected chi connectivity index (χ3v) is 7.67. The van der Waals surface area contributed by atoms with Crippen molar-refractivity contribution in [3.05, 3.63) is 36.4 Å². The van der Waals surface area contributed by atoms with E-state index in [4.69, 9.17) is 11.5 Å². The molecule has 1 heterocycles. The molecule has 2 aromatic rings. The van der Waals surface area contributed by atoms with Crippen molar-refractivity contribution in [1.29, 1.82) is 0 Å². The fourth-order valence-electron chi connectivity index (χ4n) is 4.49. The van der Waals surface area contributed by atoms with Crippen molar-refractivity contribution in [1.82, 2.24) is 9.62 Å². The number of guanidine groups is 1. The normalized spacial score (nSPS) is 17.4. The number of fused-ring (bicyclic) bond motifs is 1. The van der Waals surface area contributed by atoms with E-state index in [1.54, 1.807) is 23.1 Å². The van der Waals surface area contributed by atoms with Gasteiger partial charge in [0, 0.05) is 50.2 Å². The van der Waals surface area contributed by atoms with Crippen molar-refractivity contribution in [3.63, 3.8) is 0 Å². The predicted molar refractivity (Wildman–Crippen MR) is 137 cm³/mol. The number of anilines is 1. The average Bonchev–Trinajstić information content (AvgIpc) is 2.79. The number of nitrogens with zero attached hydrogens (tertiary/aromatic N) is 3. The van der Waals surface area contributed by atoms with Crippen molar-refractivity contribution >= 4 is 38.3 Å². The van der Waals surface area contributed by atoms with Gasteiger partial charge in [0.15, 0.2) is 5.96 Å². The summed E-state index contributed by atoms with van der Waals surface area (Å²) in [7, 11) is -0.149. The Morgan fingerprint density at radius 3 is 2.59 bits per heavy atom. The SMILES string of the molecule is CC1CCCN(C(=O)[C@H](CCCN=C(N)N)NS(=O)(=O)c2cccc3c(N(C)C)cccc23)C1. The van der Waals surface area contributed by atoms with Gasteiger partial charge in [0.25, 0.3) is 0 Å². The highest BCUT2D eigenvalue weighted by molar-refractivity contribution is 7.89. The molecule has 2 aromatic carbocycles. The number of benzene rings is 2. The molecule has 1 saturated heterocycles. The minimum Gasteiger partial charge on any atom is -0.377 e. The lowest BCUT2D eigenvalue weighted by Crippen LogP contribution is -2.51. The van der Waals surface area contributed by atoms with Crippen molar-refractivity contribution in [2.75, 3.05) is 38.6 Å². The summed E-state index contributed by atoms with van der Waals surface area (Å²) >= 11 is 0. The lowest BCUT2D eigenvalue weighted by atomic mass is 9.99. The van der Waals surface area contributed by atoms with E-state index in [1.165, 1.54) is 0 Å². The zero-order valence-electron chi connectivity index (χ0n) is 20.2. The Kier molecular flexibility index (Phi) is 8.37. The van der Waals surface area contributed by atoms with Crippen molar-refractivity contribution in [2.24, 2.45) is 22.4 Å². The summed E-state index contributed by atoms with van der Waals surface area (Å²) in [6.45, 7) is 3.70. The Morgan fingerprint density at radius 1 is 1.21 bits per heavy atom. The van der Waals surface area contributed by atoms with Crippen LogP contribution in [0.2, 0.25) is 0 Å². The van der Waals surface area contributed by atoms with E-state index in [-0.39, 0.29) is 16.8 Å². The minimum absolute atomic E-state index is 0.0271. The van der Waals surface area contributed by atoms with Gasteiger partial charge in [0.2, 0.25) is 15.9 Å². The lowest BCUT2D eigenvalue weighted by molar-refractivity contribution is -0.134. The Bertz CT molecular complexity index is 1140. The third-order valence-electron chi connectivity index (χ3n) is 6.14. The molecule has 2 atom stereocenters. The summed E-state index contributed by atoms with van der Waals surface area (Å²) in [6, 6.07) is 9.88. The van der Waals surface area contributed by atoms with Gasteiger partial charge in [-0.15, -0.1) is 0 Å². The van der Waals surface area contributed by atoms with Gasteiger partial charge in [-0.3, -0.25) is 9.79 Å². The Hall–Kier alpha value is -2.85. The zero-order valence-corrected chi connectivity index (χ0v) is 21.0. The number of nitrogens with two attached hydrogens (primary N) is 2. The molecule has 0 aromatic heterocycles. The molecule has 1 fully saturated rings. The molecule has 0 bridgehead atoms. The van der Waals surface area contributed by atoms with Crippen LogP contribution in [0.25, 0.3) is 10.8 Å². The Labute approximate surface area is 202 Å². The van der Waals surface area contributed by atoms with Gasteiger partial charge in [0.05, 0.1) is 4.90 Å². The summed E-state index contributed by atoms with van der Waals surface area (Å²) in [4.78, 5) is 21.2. The molecule has 0 saturated carbocycles. The first-order chi connectivity index (χ1) is 16.1. The summed E-state index contributed by atoms with van der Waals surface area (Å²) in [6.07, 6.45) is 2.75. The molecule has 0 radical (unpaired) electrons. The summed E-state index contributed by atoms with van der Waals surface area (Å²) < 4.78 is 29.8. The average molecular weight is 489 g/mol. The first-order valence-electron chi connectivity index (χ1n) is 11.7. The molecule has 5 N–H and O–H groups in total. The summed E-state index contributed by atoms with van der Waals surface area (Å²) in [5.41, 5.74) is 11.7. The van der Waals surface area contributed by atoms with Crippen LogP contribution in [-0.2, 0) is 14.8 Å². The van der Waals surface area contributed by atoms with Gasteiger partial charge >= 0.3 is 0 Å². The van der Waals surface area contributed by atoms with Gasteiger partial charge < -0.3 is 21.3 Å². The van der Waals surface area contributed by atoms with Crippen LogP contribution >= 0.6 is 0 Å². The van der Waals surface area contributed by atoms with Gasteiger partial charge in [-0.25, -0.2) is 8.42 Å². The number of likely N-dealkylation sites (tertiary alicyclic amines) is 1. The lowest BCUT2D eigenvalue weighted by Gasteiger charge is -2.33. The molecular formula is C24H36N6O3S. The summed E-state index contributed by atoms with van der Waals surface area (Å²) in [5.74, 6) is 0.161. The number of nitrogens with one attached hydrogen (secondary N) is 1. The van der Waals surface area contributed by atoms with Crippen LogP contribution in [-0.4, -0.2) is 65.0 Å². The van der Waals surface area contributed by atoms with E-state index >= 15 is 0 Å². The minimum atomic E-state index is -3.98. The topological polar surface area (TPSA) is 134 Å². The monoisotopic (exact) mass is 488 g/mol. The highest BCUT2D eigenvalue weighted by atomic mass is 32.2. The number of sulfonamides is 1. The molecule has 0 spiro atoms. The van der Waals surface area contributed by atoms with Crippen LogP contribution in [0.1, 0.15) is 32.6 Å². The van der Waals surface area contributed by atoms with Crippen LogP contribution in [0.3, 0.4) is 0 Å². The number of carbonyl (C=O) groups excluding carboxylic acids is 1. The number of hydrogen-bond donors (Lipinski definition) is 3. The fourth-order valence-corrected chi connectivity index (χ4v) is 5.93. The van der Waals surface area contributed by atoms with E-state index in [2.05, 4.69) is 16.6 Å². The first kappa shape index (κ1) is 25.8. The number of carbonyl (C=O) groups is 1. The molecule has 1 unspecified atom stereocenters. The molecule has 186 valence electrons. The van der Waals surface area contributed by atoms with Gasteiger partial charge in [-0.2, -0.15) is 4.72 Å². The number of hydrogen-bond acceptors (Lipinski definition) is 5. The first-order valence-corrected chi connectivity index (χ1v) is 13.1. The zero-order chi connectivity index (χ0) is 24.9. The highest BCUT2D eigenvalue weighted by Crippen LogP contribution is 2.30. The van der Waals surface area contributed by atoms with Crippen molar-refractivity contribution in [2.45, 2.75) is 43.5 Å². The third kappa shape index (κ3) is 6.18. The maximum Gasteiger partial charge on any atom is 0.241 e. The van der Waals surface area contributed by atoms with Crippen molar-refractivity contribution < 1.29 is 13.2 Å². The smallest absolute Gasteiger partial charge is 0.241 e. The molecule has 34 heavy (non-hydrogen) atoms. The predicted octanol–water partition coefficient (Wildman–Crippen LogP) is 1.86. The number of rotatable bonds is 9. The molecule has 3 rings (SSSR count). The van der Waals surface area contributed by atoms with E-state index in [0.717, 1.165) is 23.9 Å². The van der Waals surface area contributed by atoms with Crippen molar-refractivity contribution in [3.8, 4) is 0 Å². The number of aliphatic imine (C=N–C) groups is 1. The molecule has 1 amide bonds. The molecule has 9 nitrogen and oxygen atoms in total. The quantitative estimate of drug-likeness (QED) is 0.280. The Morgan fingerprint density at radius 2 is 1.91 bits per heavy atom. The number of amides is 1. The Balaban J connectivity index is 1.92. The maximum atomic E-state index is 13.6. The van der Waals surface area contributed by atoms with Crippen LogP contribution in [0.4, 0.5) is 5.69 Å². The van der Waals surface area contributed by atoms with E-state index < -0.39 is 16.1 Å². The second-order valence-corrected chi connectivity index (χ2v) is 10.9. The van der Waals surface area contributed by atoms with Crippen LogP contribution in [0, 0.1) is 5.92 Å². The molecule has 0 aliphatic carbocycles. The summed E-state index contributed by atoms with van der Waals surface area (Å²) in [5, 5.41) is 1.44. The van der Waals surface area contributed by atoms with Crippen LogP contribution < -0.4 is 21.1 Å². The maximum absolute atomic E-state index is 13.6. The standard InChI is InChI=1S/C24H36N6O3S/c1-17-8-7-15-30(16-17)23(31)20(11-6-14-27-24(25)26)28-34(32,33)22-13-5-9-18-19(22)10-4-12-21(18)29(2)3/h4-5,9-10,12-13,17,20,28H,6-8,11,14-16H2,1-3H3,(H4,25,26,27)/t17?,20-/m0/s1. The highest BCUT2D eigenvalue weighted by Gasteiger charge is 2.31. The second kappa shape index (κ2) is 11.1. The van der Waals surface area contributed by atoms with Gasteiger partial charge in [-0.1, -0.05) is 31.2 Å². The van der Waals surface area contributed by atoms with Gasteiger partial charge in [0.1, 0.15) is 6.04 Å². The van der Waals surface area contributed by atoms with E-state index in [0.29, 0.717) is 43.8 Å². The molecule has 1 aliphatic rings. The van der Waals surface area contributed by atoms with Crippen LogP contribution in [0.15, 0.2) is 46.3 Å². The van der Waals surface area contributed by atoms with Gasteiger partial charge in [-0.05, 0) is 43.7 Å². The molecular weight excluding hydrogens is 452 g/mol. The van der Waals surface area contributed by atoms with E-state index in [9.17, 15) is 13.2 Å².